The molecule has 0 atom stereocenters. The molecule has 1 amide bonds. The van der Waals surface area contributed by atoms with Crippen LogP contribution < -0.4 is 4.74 Å². The Balaban J connectivity index is 3.11. The largest absolute Gasteiger partial charge is 0.493 e. The number of rotatable bonds is 5. The molecule has 0 aromatic heterocycles. The number of ether oxygens (including phenoxy) is 1. The molecule has 0 N–H and O–H groups in total. The molecule has 1 aromatic carbocycles. The summed E-state index contributed by atoms with van der Waals surface area (Å²) in [4.78, 5) is 13.4. The maximum absolute atomic E-state index is 12.8. The van der Waals surface area contributed by atoms with Crippen molar-refractivity contribution >= 4 is 5.91 Å². The van der Waals surface area contributed by atoms with E-state index in [2.05, 4.69) is 0 Å². The number of alkyl halides is 3. The second kappa shape index (κ2) is 7.03. The highest BCUT2D eigenvalue weighted by Gasteiger charge is 2.35. The van der Waals surface area contributed by atoms with Gasteiger partial charge in [0.1, 0.15) is 12.3 Å². The predicted molar refractivity (Wildman–Crippen MR) is 79.0 cm³/mol. The second-order valence-electron chi connectivity index (χ2n) is 6.27. The molecule has 1 rings (SSSR count). The first-order valence-electron chi connectivity index (χ1n) is 7.11. The van der Waals surface area contributed by atoms with Gasteiger partial charge < -0.3 is 9.64 Å². The molecule has 0 radical (unpaired) electrons. The molecule has 0 aliphatic carbocycles. The zero-order valence-electron chi connectivity index (χ0n) is 13.3. The Morgan fingerprint density at radius 2 is 1.73 bits per heavy atom. The van der Waals surface area contributed by atoms with E-state index in [9.17, 15) is 18.0 Å². The first-order chi connectivity index (χ1) is 10.0. The van der Waals surface area contributed by atoms with Gasteiger partial charge in [0.2, 0.25) is 0 Å². The summed E-state index contributed by atoms with van der Waals surface area (Å²) in [5, 5.41) is 0. The fraction of sp³-hybridized carbons (Fsp3) is 0.562. The standard InChI is InChI=1S/C16H22F3NO2/c1-5-22-13-9-7-6-8-12(13)14(21)20(10-15(2,3)4)11-16(17,18)19/h6-9H,5,10-11H2,1-4H3. The van der Waals surface area contributed by atoms with Crippen molar-refractivity contribution in [1.82, 2.24) is 4.90 Å². The van der Waals surface area contributed by atoms with Gasteiger partial charge in [-0.3, -0.25) is 4.79 Å². The van der Waals surface area contributed by atoms with Crippen LogP contribution >= 0.6 is 0 Å². The topological polar surface area (TPSA) is 29.5 Å². The van der Waals surface area contributed by atoms with E-state index in [1.165, 1.54) is 6.07 Å². The predicted octanol–water partition coefficient (Wildman–Crippen LogP) is 4.14. The van der Waals surface area contributed by atoms with Gasteiger partial charge in [0.15, 0.2) is 0 Å². The van der Waals surface area contributed by atoms with Crippen LogP contribution in [0, 0.1) is 5.41 Å². The fourth-order valence-corrected chi connectivity index (χ4v) is 2.08. The summed E-state index contributed by atoms with van der Waals surface area (Å²) >= 11 is 0. The van der Waals surface area contributed by atoms with Crippen molar-refractivity contribution < 1.29 is 22.7 Å². The summed E-state index contributed by atoms with van der Waals surface area (Å²) in [5.74, 6) is -0.368. The molecule has 0 fully saturated rings. The highest BCUT2D eigenvalue weighted by molar-refractivity contribution is 5.97. The first kappa shape index (κ1) is 18.3. The van der Waals surface area contributed by atoms with Crippen LogP contribution in [0.4, 0.5) is 13.2 Å². The van der Waals surface area contributed by atoms with Crippen molar-refractivity contribution in [3.63, 3.8) is 0 Å². The molecular weight excluding hydrogens is 295 g/mol. The number of halogens is 3. The molecule has 1 aromatic rings. The number of para-hydroxylation sites is 1. The van der Waals surface area contributed by atoms with Gasteiger partial charge in [-0.15, -0.1) is 0 Å². The van der Waals surface area contributed by atoms with Crippen LogP contribution in [-0.4, -0.2) is 36.7 Å². The van der Waals surface area contributed by atoms with E-state index in [1.54, 1.807) is 45.9 Å². The van der Waals surface area contributed by atoms with E-state index in [4.69, 9.17) is 4.74 Å². The van der Waals surface area contributed by atoms with E-state index in [-0.39, 0.29) is 12.1 Å². The molecule has 0 saturated carbocycles. The van der Waals surface area contributed by atoms with Crippen molar-refractivity contribution in [3.05, 3.63) is 29.8 Å². The maximum atomic E-state index is 12.8. The summed E-state index contributed by atoms with van der Waals surface area (Å²) in [6.45, 7) is 6.19. The third kappa shape index (κ3) is 5.95. The summed E-state index contributed by atoms with van der Waals surface area (Å²) in [7, 11) is 0. The first-order valence-corrected chi connectivity index (χ1v) is 7.11. The van der Waals surface area contributed by atoms with Gasteiger partial charge in [-0.1, -0.05) is 32.9 Å². The van der Waals surface area contributed by atoms with Crippen molar-refractivity contribution in [1.29, 1.82) is 0 Å². The highest BCUT2D eigenvalue weighted by atomic mass is 19.4. The van der Waals surface area contributed by atoms with Crippen LogP contribution in [0.5, 0.6) is 5.75 Å². The van der Waals surface area contributed by atoms with Gasteiger partial charge in [0.05, 0.1) is 12.2 Å². The summed E-state index contributed by atoms with van der Waals surface area (Å²) in [6, 6.07) is 6.36. The number of carbonyl (C=O) groups is 1. The van der Waals surface area contributed by atoms with Crippen LogP contribution in [0.25, 0.3) is 0 Å². The van der Waals surface area contributed by atoms with Crippen molar-refractivity contribution in [2.45, 2.75) is 33.9 Å². The zero-order valence-corrected chi connectivity index (χ0v) is 13.3. The fourth-order valence-electron chi connectivity index (χ4n) is 2.08. The molecule has 124 valence electrons. The summed E-state index contributed by atoms with van der Waals surface area (Å²) < 4.78 is 43.7. The lowest BCUT2D eigenvalue weighted by Gasteiger charge is -2.31. The smallest absolute Gasteiger partial charge is 0.406 e. The highest BCUT2D eigenvalue weighted by Crippen LogP contribution is 2.26. The quantitative estimate of drug-likeness (QED) is 0.817. The molecule has 0 aliphatic heterocycles. The van der Waals surface area contributed by atoms with E-state index in [1.807, 2.05) is 0 Å². The molecule has 0 spiro atoms. The van der Waals surface area contributed by atoms with Gasteiger partial charge >= 0.3 is 6.18 Å². The number of hydrogen-bond acceptors (Lipinski definition) is 2. The van der Waals surface area contributed by atoms with Crippen molar-refractivity contribution in [2.24, 2.45) is 5.41 Å². The number of amides is 1. The van der Waals surface area contributed by atoms with Crippen molar-refractivity contribution in [3.8, 4) is 5.75 Å². The number of benzene rings is 1. The van der Waals surface area contributed by atoms with Gasteiger partial charge in [-0.05, 0) is 24.5 Å². The maximum Gasteiger partial charge on any atom is 0.406 e. The van der Waals surface area contributed by atoms with E-state index in [0.29, 0.717) is 12.4 Å². The Kier molecular flexibility index (Phi) is 5.85. The minimum Gasteiger partial charge on any atom is -0.493 e. The summed E-state index contributed by atoms with van der Waals surface area (Å²) in [5.41, 5.74) is -0.292. The van der Waals surface area contributed by atoms with Gasteiger partial charge in [0.25, 0.3) is 5.91 Å². The molecule has 22 heavy (non-hydrogen) atoms. The lowest BCUT2D eigenvalue weighted by Crippen LogP contribution is -2.43. The molecule has 0 unspecified atom stereocenters. The van der Waals surface area contributed by atoms with E-state index < -0.39 is 24.0 Å². The molecular formula is C16H22F3NO2. The van der Waals surface area contributed by atoms with Gasteiger partial charge in [-0.2, -0.15) is 13.2 Å². The van der Waals surface area contributed by atoms with Crippen LogP contribution in [0.3, 0.4) is 0 Å². The molecule has 0 aliphatic rings. The molecule has 0 saturated heterocycles. The number of hydrogen-bond donors (Lipinski definition) is 0. The monoisotopic (exact) mass is 317 g/mol. The second-order valence-corrected chi connectivity index (χ2v) is 6.27. The molecule has 0 heterocycles. The normalized spacial score (nSPS) is 12.1. The SMILES string of the molecule is CCOc1ccccc1C(=O)N(CC(C)(C)C)CC(F)(F)F. The average Bonchev–Trinajstić information content (AvgIpc) is 2.35. The van der Waals surface area contributed by atoms with Crippen LogP contribution in [0.1, 0.15) is 38.1 Å². The van der Waals surface area contributed by atoms with Crippen LogP contribution in [-0.2, 0) is 0 Å². The van der Waals surface area contributed by atoms with Crippen LogP contribution in [0.2, 0.25) is 0 Å². The Bertz CT molecular complexity index is 491. The van der Waals surface area contributed by atoms with E-state index in [0.717, 1.165) is 4.90 Å². The third-order valence-corrected chi connectivity index (χ3v) is 2.74. The van der Waals surface area contributed by atoms with Gasteiger partial charge in [-0.25, -0.2) is 0 Å². The van der Waals surface area contributed by atoms with Crippen LogP contribution in [0.15, 0.2) is 24.3 Å². The van der Waals surface area contributed by atoms with E-state index >= 15 is 0 Å². The molecule has 0 bridgehead atoms. The minimum atomic E-state index is -4.44. The zero-order chi connectivity index (χ0) is 17.0. The number of carbonyl (C=O) groups excluding carboxylic acids is 1. The number of nitrogens with zero attached hydrogens (tertiary/aromatic N) is 1. The third-order valence-electron chi connectivity index (χ3n) is 2.74. The molecule has 6 heteroatoms. The lowest BCUT2D eigenvalue weighted by molar-refractivity contribution is -0.142. The van der Waals surface area contributed by atoms with Crippen molar-refractivity contribution in [2.75, 3.05) is 19.7 Å². The minimum absolute atomic E-state index is 0.00576. The lowest BCUT2D eigenvalue weighted by atomic mass is 9.95. The Labute approximate surface area is 129 Å². The molecule has 3 nitrogen and oxygen atoms in total. The summed E-state index contributed by atoms with van der Waals surface area (Å²) in [6.07, 6.45) is -4.44. The Morgan fingerprint density at radius 3 is 2.23 bits per heavy atom. The Morgan fingerprint density at radius 1 is 1.14 bits per heavy atom. The van der Waals surface area contributed by atoms with Gasteiger partial charge in [0, 0.05) is 6.54 Å². The Hall–Kier alpha value is -1.72. The average molecular weight is 317 g/mol.